The Kier molecular flexibility index (Phi) is 5.18. The molecule has 138 valence electrons. The maximum Gasteiger partial charge on any atom is 0.195 e. The van der Waals surface area contributed by atoms with Gasteiger partial charge in [-0.1, -0.05) is 80.6 Å². The summed E-state index contributed by atoms with van der Waals surface area (Å²) in [7, 11) is -0.637. The summed E-state index contributed by atoms with van der Waals surface area (Å²) in [5.41, 5.74) is 2.55. The number of hydrogen-bond acceptors (Lipinski definition) is 2. The van der Waals surface area contributed by atoms with Gasteiger partial charge in [-0.25, -0.2) is 0 Å². The fourth-order valence-corrected chi connectivity index (χ4v) is 6.16. The Morgan fingerprint density at radius 3 is 2.04 bits per heavy atom. The third kappa shape index (κ3) is 3.59. The lowest BCUT2D eigenvalue weighted by Gasteiger charge is -2.23. The Labute approximate surface area is 163 Å². The topological polar surface area (TPSA) is 21.3 Å². The molecule has 0 unspecified atom stereocenters. The molecule has 1 saturated heterocycles. The highest BCUT2D eigenvalue weighted by Gasteiger charge is 2.31. The molecule has 1 heterocycles. The molecule has 0 aromatic heterocycles. The third-order valence-corrected chi connectivity index (χ3v) is 7.82. The van der Waals surface area contributed by atoms with Crippen LogP contribution in [0.5, 0.6) is 0 Å². The highest BCUT2D eigenvalue weighted by atomic mass is 31.1. The van der Waals surface area contributed by atoms with Crippen molar-refractivity contribution in [3.8, 4) is 0 Å². The van der Waals surface area contributed by atoms with Gasteiger partial charge in [0.25, 0.3) is 0 Å². The van der Waals surface area contributed by atoms with Crippen molar-refractivity contribution in [1.29, 1.82) is 0 Å². The molecule has 1 aliphatic carbocycles. The molecule has 1 N–H and O–H groups in total. The Morgan fingerprint density at radius 2 is 1.52 bits per heavy atom. The fraction of sp³-hybridized carbons (Fsp3) is 0.250. The second-order valence-electron chi connectivity index (χ2n) is 7.42. The van der Waals surface area contributed by atoms with Crippen LogP contribution >= 0.6 is 7.92 Å². The van der Waals surface area contributed by atoms with Gasteiger partial charge in [0.05, 0.1) is 6.04 Å². The summed E-state index contributed by atoms with van der Waals surface area (Å²) in [4.78, 5) is 0. The summed E-state index contributed by atoms with van der Waals surface area (Å²) in [6.07, 6.45) is 4.45. The number of allylic oxidation sites excluding steroid dienone is 5. The van der Waals surface area contributed by atoms with Crippen molar-refractivity contribution in [3.05, 3.63) is 95.2 Å². The molecule has 2 aromatic carbocycles. The number of rotatable bonds is 4. The van der Waals surface area contributed by atoms with Crippen molar-refractivity contribution in [1.82, 2.24) is 5.32 Å². The molecule has 0 spiro atoms. The second kappa shape index (κ2) is 7.74. The van der Waals surface area contributed by atoms with Crippen LogP contribution in [0.1, 0.15) is 20.8 Å². The van der Waals surface area contributed by atoms with Crippen LogP contribution in [-0.2, 0) is 4.74 Å². The fourth-order valence-electron chi connectivity index (χ4n) is 3.56. The highest BCUT2D eigenvalue weighted by Crippen LogP contribution is 2.51. The molecule has 2 aliphatic rings. The van der Waals surface area contributed by atoms with Crippen LogP contribution in [0.25, 0.3) is 0 Å². The van der Waals surface area contributed by atoms with Crippen LogP contribution in [0.4, 0.5) is 0 Å². The van der Waals surface area contributed by atoms with Crippen molar-refractivity contribution in [2.45, 2.75) is 26.8 Å². The first kappa shape index (κ1) is 18.1. The van der Waals surface area contributed by atoms with E-state index in [0.29, 0.717) is 12.0 Å². The summed E-state index contributed by atoms with van der Waals surface area (Å²) in [5.74, 6) is 1.49. The van der Waals surface area contributed by atoms with E-state index in [1.807, 2.05) is 0 Å². The van der Waals surface area contributed by atoms with Crippen molar-refractivity contribution in [2.75, 3.05) is 6.61 Å². The van der Waals surface area contributed by atoms with Crippen LogP contribution < -0.4 is 15.9 Å². The molecule has 3 heteroatoms. The average Bonchev–Trinajstić information content (AvgIpc) is 3.32. The Balaban J connectivity index is 1.81. The number of hydrogen-bond donors (Lipinski definition) is 1. The van der Waals surface area contributed by atoms with Crippen molar-refractivity contribution in [3.63, 3.8) is 0 Å². The lowest BCUT2D eigenvalue weighted by molar-refractivity contribution is 0.242. The summed E-state index contributed by atoms with van der Waals surface area (Å²) < 4.78 is 6.10. The lowest BCUT2D eigenvalue weighted by atomic mass is 10.1. The highest BCUT2D eigenvalue weighted by molar-refractivity contribution is 7.77. The van der Waals surface area contributed by atoms with Gasteiger partial charge >= 0.3 is 0 Å². The van der Waals surface area contributed by atoms with Crippen LogP contribution in [-0.4, -0.2) is 12.6 Å². The minimum absolute atomic E-state index is 0.378. The Bertz CT molecular complexity index is 857. The molecule has 2 aromatic rings. The largest absolute Gasteiger partial charge is 0.477 e. The standard InChI is InChI=1S/C24H26NOP/c1-17(2)22-16-26-24(25-22)21-15-14-18(3)23(21)27(19-10-6-4-7-11-19)20-12-8-5-9-13-20/h4-15,17,22,25H,16H2,1-3H3/b24-21+/t22-/m1/s1. The number of nitrogens with one attached hydrogen (secondary N) is 1. The minimum atomic E-state index is -0.637. The van der Waals surface area contributed by atoms with Gasteiger partial charge in [-0.2, -0.15) is 0 Å². The molecular formula is C24H26NOP. The third-order valence-electron chi connectivity index (χ3n) is 5.15. The number of ether oxygens (including phenoxy) is 1. The first-order valence-electron chi connectivity index (χ1n) is 9.58. The van der Waals surface area contributed by atoms with E-state index >= 15 is 0 Å². The predicted octanol–water partition coefficient (Wildman–Crippen LogP) is 4.82. The molecule has 1 aliphatic heterocycles. The Hall–Kier alpha value is -2.31. The molecule has 4 rings (SSSR count). The van der Waals surface area contributed by atoms with Crippen LogP contribution in [0.15, 0.2) is 95.2 Å². The van der Waals surface area contributed by atoms with Gasteiger partial charge in [0.2, 0.25) is 0 Å². The van der Waals surface area contributed by atoms with Gasteiger partial charge in [-0.15, -0.1) is 0 Å². The molecule has 0 bridgehead atoms. The van der Waals surface area contributed by atoms with Gasteiger partial charge < -0.3 is 10.1 Å². The van der Waals surface area contributed by atoms with E-state index in [4.69, 9.17) is 4.74 Å². The van der Waals surface area contributed by atoms with E-state index in [1.165, 1.54) is 27.1 Å². The van der Waals surface area contributed by atoms with Crippen LogP contribution in [0.3, 0.4) is 0 Å². The summed E-state index contributed by atoms with van der Waals surface area (Å²) >= 11 is 0. The SMILES string of the molecule is CC1=C(P(c2ccccc2)c2ccccc2)/C(=C2\N[C@@H](C(C)C)CO2)C=C1. The summed E-state index contributed by atoms with van der Waals surface area (Å²) in [5, 5.41) is 7.76. The van der Waals surface area contributed by atoms with E-state index in [9.17, 15) is 0 Å². The zero-order valence-corrected chi connectivity index (χ0v) is 17.0. The van der Waals surface area contributed by atoms with Crippen LogP contribution in [0.2, 0.25) is 0 Å². The summed E-state index contributed by atoms with van der Waals surface area (Å²) in [6, 6.07) is 22.1. The zero-order valence-electron chi connectivity index (χ0n) is 16.1. The van der Waals surface area contributed by atoms with Gasteiger partial charge in [0.15, 0.2) is 5.88 Å². The lowest BCUT2D eigenvalue weighted by Crippen LogP contribution is -2.28. The molecule has 1 fully saturated rings. The summed E-state index contributed by atoms with van der Waals surface area (Å²) in [6.45, 7) is 7.44. The van der Waals surface area contributed by atoms with Crippen molar-refractivity contribution in [2.24, 2.45) is 5.92 Å². The average molecular weight is 375 g/mol. The monoisotopic (exact) mass is 375 g/mol. The van der Waals surface area contributed by atoms with Gasteiger partial charge in [0.1, 0.15) is 6.61 Å². The van der Waals surface area contributed by atoms with Gasteiger partial charge in [-0.05, 0) is 43.0 Å². The maximum atomic E-state index is 6.10. The molecule has 1 atom stereocenters. The molecule has 27 heavy (non-hydrogen) atoms. The van der Waals surface area contributed by atoms with E-state index in [1.54, 1.807) is 0 Å². The van der Waals surface area contributed by atoms with Crippen LogP contribution in [0, 0.1) is 5.92 Å². The first-order chi connectivity index (χ1) is 13.1. The number of benzene rings is 2. The van der Waals surface area contributed by atoms with Gasteiger partial charge in [0, 0.05) is 10.9 Å². The first-order valence-corrected chi connectivity index (χ1v) is 10.9. The van der Waals surface area contributed by atoms with Crippen molar-refractivity contribution >= 4 is 18.5 Å². The molecule has 0 radical (unpaired) electrons. The van der Waals surface area contributed by atoms with E-state index in [-0.39, 0.29) is 0 Å². The minimum Gasteiger partial charge on any atom is -0.477 e. The quantitative estimate of drug-likeness (QED) is 0.774. The smallest absolute Gasteiger partial charge is 0.195 e. The predicted molar refractivity (Wildman–Crippen MR) is 116 cm³/mol. The normalized spacial score (nSPS) is 21.9. The zero-order chi connectivity index (χ0) is 18.8. The van der Waals surface area contributed by atoms with E-state index in [0.717, 1.165) is 12.5 Å². The van der Waals surface area contributed by atoms with E-state index < -0.39 is 7.92 Å². The second-order valence-corrected chi connectivity index (χ2v) is 9.57. The molecule has 2 nitrogen and oxygen atoms in total. The molecular weight excluding hydrogens is 349 g/mol. The van der Waals surface area contributed by atoms with Crippen molar-refractivity contribution < 1.29 is 4.74 Å². The Morgan fingerprint density at radius 1 is 0.926 bits per heavy atom. The molecule has 0 saturated carbocycles. The van der Waals surface area contributed by atoms with Gasteiger partial charge in [-0.3, -0.25) is 0 Å². The molecule has 0 amide bonds. The maximum absolute atomic E-state index is 6.10. The van der Waals surface area contributed by atoms with E-state index in [2.05, 4.69) is 98.9 Å².